The van der Waals surface area contributed by atoms with Crippen LogP contribution in [0.1, 0.15) is 17.2 Å². The Morgan fingerprint density at radius 3 is 2.24 bits per heavy atom. The van der Waals surface area contributed by atoms with Crippen LogP contribution in [-0.4, -0.2) is 20.1 Å². The van der Waals surface area contributed by atoms with Crippen molar-refractivity contribution in [1.29, 1.82) is 0 Å². The highest BCUT2D eigenvalue weighted by molar-refractivity contribution is 7.88. The van der Waals surface area contributed by atoms with Crippen LogP contribution in [-0.2, 0) is 15.8 Å². The standard InChI is InChI=1S/C15H16FNO3S/c16-14-8-6-12(7-9-14)11-21(19,20)17-15(10-18)13-4-2-1-3-5-13/h1-9,15,17-18H,10-11H2. The number of halogens is 1. The summed E-state index contributed by atoms with van der Waals surface area (Å²) in [5, 5.41) is 9.37. The van der Waals surface area contributed by atoms with Gasteiger partial charge >= 0.3 is 0 Å². The smallest absolute Gasteiger partial charge is 0.216 e. The summed E-state index contributed by atoms with van der Waals surface area (Å²) in [6.07, 6.45) is 0. The van der Waals surface area contributed by atoms with Crippen LogP contribution in [0.3, 0.4) is 0 Å². The van der Waals surface area contributed by atoms with Gasteiger partial charge in [-0.15, -0.1) is 0 Å². The van der Waals surface area contributed by atoms with Gasteiger partial charge in [-0.1, -0.05) is 42.5 Å². The summed E-state index contributed by atoms with van der Waals surface area (Å²) in [7, 11) is -3.64. The van der Waals surface area contributed by atoms with E-state index in [1.807, 2.05) is 6.07 Å². The van der Waals surface area contributed by atoms with E-state index in [1.165, 1.54) is 24.3 Å². The van der Waals surface area contributed by atoms with E-state index in [1.54, 1.807) is 24.3 Å². The van der Waals surface area contributed by atoms with Crippen LogP contribution in [0.5, 0.6) is 0 Å². The SMILES string of the molecule is O=S(=O)(Cc1ccc(F)cc1)NC(CO)c1ccccc1. The molecule has 0 radical (unpaired) electrons. The predicted octanol–water partition coefficient (Wildman–Crippen LogP) is 1.98. The summed E-state index contributed by atoms with van der Waals surface area (Å²) in [5.41, 5.74) is 1.16. The number of hydrogen-bond donors (Lipinski definition) is 2. The molecular weight excluding hydrogens is 293 g/mol. The second-order valence-electron chi connectivity index (χ2n) is 4.65. The molecule has 0 aliphatic heterocycles. The van der Waals surface area contributed by atoms with E-state index in [-0.39, 0.29) is 12.4 Å². The molecule has 2 aromatic rings. The average molecular weight is 309 g/mol. The van der Waals surface area contributed by atoms with Crippen molar-refractivity contribution in [1.82, 2.24) is 4.72 Å². The third-order valence-electron chi connectivity index (χ3n) is 2.98. The highest BCUT2D eigenvalue weighted by atomic mass is 32.2. The summed E-state index contributed by atoms with van der Waals surface area (Å²) in [6.45, 7) is -0.341. The summed E-state index contributed by atoms with van der Waals surface area (Å²) < 4.78 is 39.5. The minimum Gasteiger partial charge on any atom is -0.394 e. The van der Waals surface area contributed by atoms with Crippen molar-refractivity contribution in [3.05, 3.63) is 71.5 Å². The van der Waals surface area contributed by atoms with Gasteiger partial charge in [0.05, 0.1) is 18.4 Å². The summed E-state index contributed by atoms with van der Waals surface area (Å²) in [5.74, 6) is -0.682. The zero-order valence-electron chi connectivity index (χ0n) is 11.2. The summed E-state index contributed by atoms with van der Waals surface area (Å²) in [4.78, 5) is 0. The van der Waals surface area contributed by atoms with E-state index >= 15 is 0 Å². The van der Waals surface area contributed by atoms with Crippen molar-refractivity contribution < 1.29 is 17.9 Å². The van der Waals surface area contributed by atoms with Crippen molar-refractivity contribution in [2.24, 2.45) is 0 Å². The van der Waals surface area contributed by atoms with E-state index < -0.39 is 21.9 Å². The van der Waals surface area contributed by atoms with Crippen LogP contribution in [0.15, 0.2) is 54.6 Å². The molecule has 0 amide bonds. The minimum absolute atomic E-state index is 0.267. The Kier molecular flexibility index (Phi) is 5.06. The minimum atomic E-state index is -3.64. The third-order valence-corrected chi connectivity index (χ3v) is 4.33. The van der Waals surface area contributed by atoms with Gasteiger partial charge in [0.2, 0.25) is 10.0 Å². The molecule has 0 heterocycles. The lowest BCUT2D eigenvalue weighted by Gasteiger charge is -2.16. The van der Waals surface area contributed by atoms with Gasteiger partial charge in [0.1, 0.15) is 5.82 Å². The van der Waals surface area contributed by atoms with Crippen LogP contribution < -0.4 is 4.72 Å². The number of rotatable bonds is 6. The number of aliphatic hydroxyl groups is 1. The first-order chi connectivity index (χ1) is 10.00. The molecule has 2 rings (SSSR count). The number of hydrogen-bond acceptors (Lipinski definition) is 3. The lowest BCUT2D eigenvalue weighted by atomic mass is 10.1. The Balaban J connectivity index is 2.10. The maximum absolute atomic E-state index is 12.8. The lowest BCUT2D eigenvalue weighted by molar-refractivity contribution is 0.259. The number of nitrogens with one attached hydrogen (secondary N) is 1. The Morgan fingerprint density at radius 2 is 1.67 bits per heavy atom. The van der Waals surface area contributed by atoms with Crippen molar-refractivity contribution in [3.8, 4) is 0 Å². The molecule has 0 spiro atoms. The molecule has 0 aliphatic carbocycles. The van der Waals surface area contributed by atoms with E-state index in [2.05, 4.69) is 4.72 Å². The third kappa shape index (κ3) is 4.63. The van der Waals surface area contributed by atoms with Crippen LogP contribution in [0.4, 0.5) is 4.39 Å². The van der Waals surface area contributed by atoms with Gasteiger partial charge in [-0.05, 0) is 23.3 Å². The first kappa shape index (κ1) is 15.6. The van der Waals surface area contributed by atoms with Crippen LogP contribution in [0.25, 0.3) is 0 Å². The lowest BCUT2D eigenvalue weighted by Crippen LogP contribution is -2.31. The van der Waals surface area contributed by atoms with Gasteiger partial charge in [0.15, 0.2) is 0 Å². The predicted molar refractivity (Wildman–Crippen MR) is 78.4 cm³/mol. The van der Waals surface area contributed by atoms with E-state index in [4.69, 9.17) is 0 Å². The maximum Gasteiger partial charge on any atom is 0.216 e. The zero-order chi connectivity index (χ0) is 15.3. The molecule has 0 aromatic heterocycles. The normalized spacial score (nSPS) is 13.0. The summed E-state index contributed by atoms with van der Waals surface area (Å²) in [6, 6.07) is 13.4. The number of benzene rings is 2. The van der Waals surface area contributed by atoms with Gasteiger partial charge < -0.3 is 5.11 Å². The molecule has 0 fully saturated rings. The number of sulfonamides is 1. The molecule has 21 heavy (non-hydrogen) atoms. The van der Waals surface area contributed by atoms with Crippen LogP contribution >= 0.6 is 0 Å². The van der Waals surface area contributed by atoms with E-state index in [9.17, 15) is 17.9 Å². The first-order valence-corrected chi connectivity index (χ1v) is 8.05. The number of aliphatic hydroxyl groups excluding tert-OH is 1. The van der Waals surface area contributed by atoms with Crippen molar-refractivity contribution in [3.63, 3.8) is 0 Å². The first-order valence-electron chi connectivity index (χ1n) is 6.40. The fraction of sp³-hybridized carbons (Fsp3) is 0.200. The molecule has 112 valence electrons. The van der Waals surface area contributed by atoms with Crippen molar-refractivity contribution in [2.75, 3.05) is 6.61 Å². The van der Waals surface area contributed by atoms with Gasteiger partial charge in [0, 0.05) is 0 Å². The van der Waals surface area contributed by atoms with Crippen LogP contribution in [0, 0.1) is 5.82 Å². The summed E-state index contributed by atoms with van der Waals surface area (Å²) >= 11 is 0. The molecule has 0 aliphatic rings. The van der Waals surface area contributed by atoms with E-state index in [0.717, 1.165) is 0 Å². The molecule has 0 saturated carbocycles. The average Bonchev–Trinajstić information content (AvgIpc) is 2.48. The Bertz CT molecular complexity index is 672. The zero-order valence-corrected chi connectivity index (χ0v) is 12.1. The molecule has 2 aromatic carbocycles. The van der Waals surface area contributed by atoms with Gasteiger partial charge in [-0.2, -0.15) is 0 Å². The second-order valence-corrected chi connectivity index (χ2v) is 6.40. The fourth-order valence-corrected chi connectivity index (χ4v) is 3.31. The largest absolute Gasteiger partial charge is 0.394 e. The fourth-order valence-electron chi connectivity index (χ4n) is 1.95. The van der Waals surface area contributed by atoms with Crippen molar-refractivity contribution >= 4 is 10.0 Å². The van der Waals surface area contributed by atoms with Gasteiger partial charge in [-0.25, -0.2) is 17.5 Å². The quantitative estimate of drug-likeness (QED) is 0.857. The highest BCUT2D eigenvalue weighted by Gasteiger charge is 2.19. The molecular formula is C15H16FNO3S. The molecule has 4 nitrogen and oxygen atoms in total. The Hall–Kier alpha value is -1.76. The monoisotopic (exact) mass is 309 g/mol. The molecule has 1 unspecified atom stereocenters. The van der Waals surface area contributed by atoms with Gasteiger partial charge in [0.25, 0.3) is 0 Å². The molecule has 0 saturated heterocycles. The second kappa shape index (κ2) is 6.80. The Morgan fingerprint density at radius 1 is 1.05 bits per heavy atom. The van der Waals surface area contributed by atoms with Gasteiger partial charge in [-0.3, -0.25) is 0 Å². The maximum atomic E-state index is 12.8. The molecule has 2 N–H and O–H groups in total. The molecule has 1 atom stereocenters. The van der Waals surface area contributed by atoms with Crippen LogP contribution in [0.2, 0.25) is 0 Å². The Labute approximate surface area is 123 Å². The molecule has 0 bridgehead atoms. The van der Waals surface area contributed by atoms with Crippen molar-refractivity contribution in [2.45, 2.75) is 11.8 Å². The molecule has 6 heteroatoms. The topological polar surface area (TPSA) is 66.4 Å². The highest BCUT2D eigenvalue weighted by Crippen LogP contribution is 2.15. The van der Waals surface area contributed by atoms with E-state index in [0.29, 0.717) is 11.1 Å².